The molecule has 0 aliphatic heterocycles. The normalized spacial score (nSPS) is 20.4. The van der Waals surface area contributed by atoms with Gasteiger partial charge in [-0.3, -0.25) is 0 Å². The van der Waals surface area contributed by atoms with Gasteiger partial charge in [-0.15, -0.1) is 0 Å². The lowest BCUT2D eigenvalue weighted by molar-refractivity contribution is 0.990. The summed E-state index contributed by atoms with van der Waals surface area (Å²) >= 11 is 1.91. The molecule has 1 aliphatic rings. The molecule has 0 aromatic carbocycles. The van der Waals surface area contributed by atoms with Crippen LogP contribution in [0.3, 0.4) is 0 Å². The third kappa shape index (κ3) is 1.91. The maximum atomic E-state index is 2.35. The van der Waals surface area contributed by atoms with Crippen LogP contribution in [-0.2, 0) is 0 Å². The van der Waals surface area contributed by atoms with Crippen LogP contribution < -0.4 is 0 Å². The van der Waals surface area contributed by atoms with Gasteiger partial charge in [-0.2, -0.15) is 11.8 Å². The monoisotopic (exact) mass is 154 g/mol. The smallest absolute Gasteiger partial charge is 0.0262 e. The Balaban J connectivity index is 2.54. The van der Waals surface area contributed by atoms with Gasteiger partial charge in [0.15, 0.2) is 0 Å². The standard InChI is InChI=1S/C9H14S/c1-8(10-2)9-6-4-3-5-7-9/h4,6-8H,3,5H2,1-2H3. The lowest BCUT2D eigenvalue weighted by atomic mass is 10.1. The third-order valence-corrected chi connectivity index (χ3v) is 2.83. The molecule has 56 valence electrons. The van der Waals surface area contributed by atoms with Crippen molar-refractivity contribution in [2.45, 2.75) is 25.0 Å². The number of hydrogen-bond donors (Lipinski definition) is 0. The van der Waals surface area contributed by atoms with Crippen LogP contribution >= 0.6 is 11.8 Å². The molecule has 0 radical (unpaired) electrons. The molecule has 0 bridgehead atoms. The highest BCUT2D eigenvalue weighted by atomic mass is 32.2. The van der Waals surface area contributed by atoms with E-state index in [4.69, 9.17) is 0 Å². The van der Waals surface area contributed by atoms with Gasteiger partial charge in [0.05, 0.1) is 0 Å². The summed E-state index contributed by atoms with van der Waals surface area (Å²) < 4.78 is 0. The molecule has 0 fully saturated rings. The summed E-state index contributed by atoms with van der Waals surface area (Å²) in [5, 5.41) is 0.677. The second-order valence-corrected chi connectivity index (χ2v) is 3.74. The predicted octanol–water partition coefficient (Wildman–Crippen LogP) is 3.01. The second-order valence-electron chi connectivity index (χ2n) is 2.56. The highest BCUT2D eigenvalue weighted by Gasteiger charge is 2.04. The van der Waals surface area contributed by atoms with E-state index in [1.807, 2.05) is 11.8 Å². The summed E-state index contributed by atoms with van der Waals surface area (Å²) in [5.41, 5.74) is 1.50. The molecule has 1 heteroatoms. The van der Waals surface area contributed by atoms with Crippen LogP contribution in [0.15, 0.2) is 23.8 Å². The molecular weight excluding hydrogens is 140 g/mol. The third-order valence-electron chi connectivity index (χ3n) is 1.85. The van der Waals surface area contributed by atoms with E-state index in [0.717, 1.165) is 0 Å². The Hall–Kier alpha value is -0.170. The Morgan fingerprint density at radius 2 is 2.30 bits per heavy atom. The van der Waals surface area contributed by atoms with Gasteiger partial charge in [-0.05, 0) is 31.6 Å². The first-order valence-corrected chi connectivity index (χ1v) is 5.03. The number of allylic oxidation sites excluding steroid dienone is 3. The molecule has 0 nitrogen and oxygen atoms in total. The largest absolute Gasteiger partial charge is 0.158 e. The Morgan fingerprint density at radius 3 is 2.80 bits per heavy atom. The highest BCUT2D eigenvalue weighted by molar-refractivity contribution is 7.99. The number of thioether (sulfide) groups is 1. The van der Waals surface area contributed by atoms with Gasteiger partial charge in [0.2, 0.25) is 0 Å². The van der Waals surface area contributed by atoms with Crippen LogP contribution in [0.5, 0.6) is 0 Å². The first-order valence-electron chi connectivity index (χ1n) is 3.74. The van der Waals surface area contributed by atoms with Crippen LogP contribution in [0.25, 0.3) is 0 Å². The summed E-state index contributed by atoms with van der Waals surface area (Å²) in [5.74, 6) is 0. The van der Waals surface area contributed by atoms with Crippen molar-refractivity contribution in [3.8, 4) is 0 Å². The Bertz CT molecular complexity index is 156. The molecule has 0 aromatic rings. The van der Waals surface area contributed by atoms with Crippen molar-refractivity contribution in [3.63, 3.8) is 0 Å². The summed E-state index contributed by atoms with van der Waals surface area (Å²) in [6, 6.07) is 0. The first kappa shape index (κ1) is 7.93. The maximum Gasteiger partial charge on any atom is 0.0262 e. The van der Waals surface area contributed by atoms with Gasteiger partial charge in [-0.1, -0.05) is 18.2 Å². The first-order chi connectivity index (χ1) is 4.84. The van der Waals surface area contributed by atoms with Gasteiger partial charge in [0, 0.05) is 5.25 Å². The van der Waals surface area contributed by atoms with Gasteiger partial charge >= 0.3 is 0 Å². The van der Waals surface area contributed by atoms with E-state index in [2.05, 4.69) is 31.4 Å². The molecule has 0 N–H and O–H groups in total. The average molecular weight is 154 g/mol. The molecule has 0 spiro atoms. The summed E-state index contributed by atoms with van der Waals surface area (Å²) in [6.07, 6.45) is 11.5. The van der Waals surface area contributed by atoms with Gasteiger partial charge in [-0.25, -0.2) is 0 Å². The molecule has 0 saturated carbocycles. The van der Waals surface area contributed by atoms with Crippen LogP contribution in [0.4, 0.5) is 0 Å². The number of rotatable bonds is 2. The lowest BCUT2D eigenvalue weighted by Gasteiger charge is -2.12. The zero-order valence-electron chi connectivity index (χ0n) is 6.63. The van der Waals surface area contributed by atoms with Crippen molar-refractivity contribution in [2.75, 3.05) is 6.26 Å². The van der Waals surface area contributed by atoms with Crippen LogP contribution in [0, 0.1) is 0 Å². The minimum Gasteiger partial charge on any atom is -0.158 e. The molecular formula is C9H14S. The molecule has 0 amide bonds. The van der Waals surface area contributed by atoms with Crippen molar-refractivity contribution in [3.05, 3.63) is 23.8 Å². The van der Waals surface area contributed by atoms with E-state index >= 15 is 0 Å². The van der Waals surface area contributed by atoms with E-state index in [1.54, 1.807) is 0 Å². The van der Waals surface area contributed by atoms with Gasteiger partial charge in [0.25, 0.3) is 0 Å². The fraction of sp³-hybridized carbons (Fsp3) is 0.556. The van der Waals surface area contributed by atoms with E-state index in [1.165, 1.54) is 18.4 Å². The van der Waals surface area contributed by atoms with E-state index in [-0.39, 0.29) is 0 Å². The zero-order chi connectivity index (χ0) is 7.40. The maximum absolute atomic E-state index is 2.35. The second kappa shape index (κ2) is 3.87. The van der Waals surface area contributed by atoms with Crippen molar-refractivity contribution < 1.29 is 0 Å². The zero-order valence-corrected chi connectivity index (χ0v) is 7.45. The lowest BCUT2D eigenvalue weighted by Crippen LogP contribution is -1.99. The SMILES string of the molecule is CSC(C)C1=CCCC=C1. The van der Waals surface area contributed by atoms with Crippen LogP contribution in [0.1, 0.15) is 19.8 Å². The van der Waals surface area contributed by atoms with Crippen molar-refractivity contribution >= 4 is 11.8 Å². The van der Waals surface area contributed by atoms with Crippen molar-refractivity contribution in [1.82, 2.24) is 0 Å². The Kier molecular flexibility index (Phi) is 3.07. The molecule has 10 heavy (non-hydrogen) atoms. The van der Waals surface area contributed by atoms with Crippen molar-refractivity contribution in [2.24, 2.45) is 0 Å². The minimum absolute atomic E-state index is 0.677. The van der Waals surface area contributed by atoms with E-state index < -0.39 is 0 Å². The highest BCUT2D eigenvalue weighted by Crippen LogP contribution is 2.20. The van der Waals surface area contributed by atoms with Crippen LogP contribution in [-0.4, -0.2) is 11.5 Å². The fourth-order valence-electron chi connectivity index (χ4n) is 1.07. The van der Waals surface area contributed by atoms with E-state index in [9.17, 15) is 0 Å². The van der Waals surface area contributed by atoms with Gasteiger partial charge < -0.3 is 0 Å². The molecule has 0 aromatic heterocycles. The summed E-state index contributed by atoms with van der Waals surface area (Å²) in [4.78, 5) is 0. The molecule has 1 atom stereocenters. The van der Waals surface area contributed by atoms with E-state index in [0.29, 0.717) is 5.25 Å². The molecule has 0 heterocycles. The molecule has 1 unspecified atom stereocenters. The predicted molar refractivity (Wildman–Crippen MR) is 49.4 cm³/mol. The Morgan fingerprint density at radius 1 is 1.50 bits per heavy atom. The van der Waals surface area contributed by atoms with Crippen molar-refractivity contribution in [1.29, 1.82) is 0 Å². The Labute approximate surface area is 67.4 Å². The fourth-order valence-corrected chi connectivity index (χ4v) is 1.52. The summed E-state index contributed by atoms with van der Waals surface area (Å²) in [7, 11) is 0. The summed E-state index contributed by atoms with van der Waals surface area (Å²) in [6.45, 7) is 2.26. The quantitative estimate of drug-likeness (QED) is 0.589. The number of hydrogen-bond acceptors (Lipinski definition) is 1. The van der Waals surface area contributed by atoms with Gasteiger partial charge in [0.1, 0.15) is 0 Å². The molecule has 1 aliphatic carbocycles. The average Bonchev–Trinajstić information content (AvgIpc) is 2.05. The molecule has 1 rings (SSSR count). The molecule has 0 saturated heterocycles. The van der Waals surface area contributed by atoms with Crippen LogP contribution in [0.2, 0.25) is 0 Å². The topological polar surface area (TPSA) is 0 Å². The minimum atomic E-state index is 0.677.